The number of likely N-dealkylation sites (tertiary alicyclic amines) is 2. The topological polar surface area (TPSA) is 60.9 Å². The standard InChI is InChI=1S/C20H28N2O3/c1-16(23)22-15-20(14-18(22)19(24)25)9-12-21(13-10-20)11-5-8-17-6-3-2-4-7-17/h2-4,6-7,18H,5,8-15H2,1H3,(H,24,25)/t18-/m1/s1. The van der Waals surface area contributed by atoms with Crippen LogP contribution >= 0.6 is 0 Å². The summed E-state index contributed by atoms with van der Waals surface area (Å²) in [6.45, 7) is 5.19. The van der Waals surface area contributed by atoms with Crippen LogP contribution in [-0.2, 0) is 16.0 Å². The summed E-state index contributed by atoms with van der Waals surface area (Å²) >= 11 is 0. The quantitative estimate of drug-likeness (QED) is 0.891. The molecule has 0 unspecified atom stereocenters. The number of hydrogen-bond donors (Lipinski definition) is 1. The fourth-order valence-corrected chi connectivity index (χ4v) is 4.37. The number of nitrogens with zero attached hydrogens (tertiary/aromatic N) is 2. The summed E-state index contributed by atoms with van der Waals surface area (Å²) in [6, 6.07) is 9.92. The molecule has 25 heavy (non-hydrogen) atoms. The van der Waals surface area contributed by atoms with Crippen LogP contribution in [0.3, 0.4) is 0 Å². The molecule has 3 rings (SSSR count). The molecule has 1 N–H and O–H groups in total. The van der Waals surface area contributed by atoms with Gasteiger partial charge in [0.2, 0.25) is 5.91 Å². The number of carboxylic acids is 1. The number of amides is 1. The average Bonchev–Trinajstić information content (AvgIpc) is 2.98. The van der Waals surface area contributed by atoms with Gasteiger partial charge in [-0.2, -0.15) is 0 Å². The maximum Gasteiger partial charge on any atom is 0.326 e. The van der Waals surface area contributed by atoms with Crippen LogP contribution in [-0.4, -0.2) is 59.0 Å². The van der Waals surface area contributed by atoms with E-state index in [0.717, 1.165) is 45.3 Å². The first-order valence-corrected chi connectivity index (χ1v) is 9.25. The minimum atomic E-state index is -0.864. The average molecular weight is 344 g/mol. The highest BCUT2D eigenvalue weighted by molar-refractivity contribution is 5.83. The molecule has 2 fully saturated rings. The van der Waals surface area contributed by atoms with Crippen LogP contribution in [0.2, 0.25) is 0 Å². The van der Waals surface area contributed by atoms with E-state index >= 15 is 0 Å². The zero-order valence-electron chi connectivity index (χ0n) is 15.0. The first kappa shape index (κ1) is 17.9. The summed E-state index contributed by atoms with van der Waals surface area (Å²) in [5, 5.41) is 9.42. The number of aryl methyl sites for hydroxylation is 1. The first-order chi connectivity index (χ1) is 12.0. The smallest absolute Gasteiger partial charge is 0.326 e. The Hall–Kier alpha value is -1.88. The van der Waals surface area contributed by atoms with E-state index in [1.54, 1.807) is 4.90 Å². The molecule has 0 aromatic heterocycles. The molecular weight excluding hydrogens is 316 g/mol. The molecule has 0 aliphatic carbocycles. The van der Waals surface area contributed by atoms with E-state index in [-0.39, 0.29) is 11.3 Å². The number of rotatable bonds is 5. The summed E-state index contributed by atoms with van der Waals surface area (Å²) in [5.74, 6) is -0.980. The summed E-state index contributed by atoms with van der Waals surface area (Å²) < 4.78 is 0. The highest BCUT2D eigenvalue weighted by Crippen LogP contribution is 2.43. The number of carbonyl (C=O) groups excluding carboxylic acids is 1. The van der Waals surface area contributed by atoms with Gasteiger partial charge in [0, 0.05) is 13.5 Å². The molecule has 2 heterocycles. The lowest BCUT2D eigenvalue weighted by Crippen LogP contribution is -2.42. The highest BCUT2D eigenvalue weighted by atomic mass is 16.4. The molecule has 2 aliphatic heterocycles. The van der Waals surface area contributed by atoms with Gasteiger partial charge in [-0.05, 0) is 62.7 Å². The summed E-state index contributed by atoms with van der Waals surface area (Å²) in [6.07, 6.45) is 4.84. The number of piperidine rings is 1. The number of carboxylic acid groups (broad SMARTS) is 1. The van der Waals surface area contributed by atoms with Gasteiger partial charge in [-0.25, -0.2) is 4.79 Å². The Kier molecular flexibility index (Phi) is 5.42. The van der Waals surface area contributed by atoms with Gasteiger partial charge in [-0.1, -0.05) is 30.3 Å². The third-order valence-corrected chi connectivity index (χ3v) is 5.90. The fourth-order valence-electron chi connectivity index (χ4n) is 4.37. The van der Waals surface area contributed by atoms with Crippen molar-refractivity contribution < 1.29 is 14.7 Å². The SMILES string of the molecule is CC(=O)N1CC2(CCN(CCCc3ccccc3)CC2)C[C@@H]1C(=O)O. The minimum Gasteiger partial charge on any atom is -0.480 e. The van der Waals surface area contributed by atoms with Crippen molar-refractivity contribution in [1.29, 1.82) is 0 Å². The van der Waals surface area contributed by atoms with Gasteiger partial charge in [0.15, 0.2) is 0 Å². The Morgan fingerprint density at radius 2 is 1.88 bits per heavy atom. The molecule has 1 spiro atoms. The zero-order chi connectivity index (χ0) is 17.9. The Bertz CT molecular complexity index is 585. The van der Waals surface area contributed by atoms with Crippen LogP contribution in [0.25, 0.3) is 0 Å². The molecule has 1 atom stereocenters. The van der Waals surface area contributed by atoms with Crippen LogP contribution in [0.4, 0.5) is 0 Å². The molecular formula is C20H28N2O3. The van der Waals surface area contributed by atoms with Crippen molar-refractivity contribution in [2.45, 2.75) is 45.1 Å². The maximum absolute atomic E-state index is 11.8. The molecule has 1 aromatic carbocycles. The largest absolute Gasteiger partial charge is 0.480 e. The number of benzene rings is 1. The van der Waals surface area contributed by atoms with Gasteiger partial charge in [0.05, 0.1) is 0 Å². The zero-order valence-corrected chi connectivity index (χ0v) is 15.0. The van der Waals surface area contributed by atoms with E-state index in [9.17, 15) is 14.7 Å². The molecule has 0 radical (unpaired) electrons. The number of carbonyl (C=O) groups is 2. The van der Waals surface area contributed by atoms with Crippen LogP contribution in [0.1, 0.15) is 38.2 Å². The van der Waals surface area contributed by atoms with Gasteiger partial charge in [-0.3, -0.25) is 4.79 Å². The van der Waals surface area contributed by atoms with Crippen molar-refractivity contribution >= 4 is 11.9 Å². The van der Waals surface area contributed by atoms with Crippen LogP contribution < -0.4 is 0 Å². The normalized spacial score (nSPS) is 23.1. The fraction of sp³-hybridized carbons (Fsp3) is 0.600. The molecule has 2 saturated heterocycles. The van der Waals surface area contributed by atoms with E-state index in [0.29, 0.717) is 13.0 Å². The molecule has 5 nitrogen and oxygen atoms in total. The van der Waals surface area contributed by atoms with Gasteiger partial charge < -0.3 is 14.9 Å². The van der Waals surface area contributed by atoms with Gasteiger partial charge >= 0.3 is 5.97 Å². The third-order valence-electron chi connectivity index (χ3n) is 5.90. The van der Waals surface area contributed by atoms with E-state index in [4.69, 9.17) is 0 Å². The Labute approximate surface area is 149 Å². The maximum atomic E-state index is 11.8. The van der Waals surface area contributed by atoms with Crippen molar-refractivity contribution in [3.63, 3.8) is 0 Å². The van der Waals surface area contributed by atoms with Crippen molar-refractivity contribution in [1.82, 2.24) is 9.80 Å². The monoisotopic (exact) mass is 344 g/mol. The van der Waals surface area contributed by atoms with E-state index in [2.05, 4.69) is 29.2 Å². The van der Waals surface area contributed by atoms with Gasteiger partial charge in [-0.15, -0.1) is 0 Å². The first-order valence-electron chi connectivity index (χ1n) is 9.25. The van der Waals surface area contributed by atoms with Gasteiger partial charge in [0.1, 0.15) is 6.04 Å². The molecule has 136 valence electrons. The molecule has 1 aromatic rings. The number of aliphatic carboxylic acids is 1. The lowest BCUT2D eigenvalue weighted by molar-refractivity contribution is -0.147. The second kappa shape index (κ2) is 7.56. The molecule has 5 heteroatoms. The Morgan fingerprint density at radius 3 is 2.44 bits per heavy atom. The van der Waals surface area contributed by atoms with Crippen molar-refractivity contribution in [2.75, 3.05) is 26.2 Å². The Morgan fingerprint density at radius 1 is 1.20 bits per heavy atom. The third kappa shape index (κ3) is 4.21. The van der Waals surface area contributed by atoms with Crippen molar-refractivity contribution in [3.05, 3.63) is 35.9 Å². The lowest BCUT2D eigenvalue weighted by atomic mass is 9.76. The second-order valence-corrected chi connectivity index (χ2v) is 7.64. The van der Waals surface area contributed by atoms with E-state index in [1.165, 1.54) is 12.5 Å². The molecule has 2 aliphatic rings. The summed E-state index contributed by atoms with van der Waals surface area (Å²) in [4.78, 5) is 27.3. The molecule has 1 amide bonds. The Balaban J connectivity index is 1.48. The molecule has 0 saturated carbocycles. The summed E-state index contributed by atoms with van der Waals surface area (Å²) in [5.41, 5.74) is 1.39. The van der Waals surface area contributed by atoms with Crippen LogP contribution in [0, 0.1) is 5.41 Å². The second-order valence-electron chi connectivity index (χ2n) is 7.64. The summed E-state index contributed by atoms with van der Waals surface area (Å²) in [7, 11) is 0. The molecule has 0 bridgehead atoms. The van der Waals surface area contributed by atoms with Crippen LogP contribution in [0.15, 0.2) is 30.3 Å². The van der Waals surface area contributed by atoms with Crippen LogP contribution in [0.5, 0.6) is 0 Å². The van der Waals surface area contributed by atoms with Crippen molar-refractivity contribution in [2.24, 2.45) is 5.41 Å². The predicted molar refractivity (Wildman–Crippen MR) is 96.3 cm³/mol. The van der Waals surface area contributed by atoms with Crippen molar-refractivity contribution in [3.8, 4) is 0 Å². The van der Waals surface area contributed by atoms with Gasteiger partial charge in [0.25, 0.3) is 0 Å². The lowest BCUT2D eigenvalue weighted by Gasteiger charge is -2.39. The highest BCUT2D eigenvalue weighted by Gasteiger charge is 2.48. The number of hydrogen-bond acceptors (Lipinski definition) is 3. The van der Waals surface area contributed by atoms with E-state index < -0.39 is 12.0 Å². The van der Waals surface area contributed by atoms with E-state index in [1.807, 2.05) is 6.07 Å². The minimum absolute atomic E-state index is 0.00462. The predicted octanol–water partition coefficient (Wildman–Crippen LogP) is 2.41.